The van der Waals surface area contributed by atoms with Gasteiger partial charge in [0.2, 0.25) is 0 Å². The highest BCUT2D eigenvalue weighted by atomic mass is 16.4. The molecule has 0 radical (unpaired) electrons. The maximum absolute atomic E-state index is 12.1. The highest BCUT2D eigenvalue weighted by Gasteiger charge is 2.25. The van der Waals surface area contributed by atoms with Crippen LogP contribution in [0.25, 0.3) is 0 Å². The lowest BCUT2D eigenvalue weighted by Gasteiger charge is -2.24. The fourth-order valence-corrected chi connectivity index (χ4v) is 1.53. The minimum Gasteiger partial charge on any atom is -0.481 e. The number of rotatable bonds is 5. The van der Waals surface area contributed by atoms with Crippen molar-refractivity contribution in [3.8, 4) is 0 Å². The van der Waals surface area contributed by atoms with E-state index >= 15 is 0 Å². The molecule has 2 N–H and O–H groups in total. The standard InChI is InChI=1S/C13H19NO4/c1-5-13(3,4)14-12(17)11-8(2)7-18-9(11)6-10(15)16/h7H,5-6H2,1-4H3,(H,14,17)(H,15,16). The van der Waals surface area contributed by atoms with Crippen molar-refractivity contribution in [3.05, 3.63) is 23.2 Å². The molecule has 1 aromatic rings. The molecule has 0 aliphatic heterocycles. The second kappa shape index (κ2) is 5.25. The second-order valence-corrected chi connectivity index (χ2v) is 4.98. The lowest BCUT2D eigenvalue weighted by Crippen LogP contribution is -2.43. The molecule has 0 aromatic carbocycles. The minimum atomic E-state index is -1.02. The van der Waals surface area contributed by atoms with Crippen molar-refractivity contribution in [1.82, 2.24) is 5.32 Å². The predicted molar refractivity (Wildman–Crippen MR) is 66.6 cm³/mol. The van der Waals surface area contributed by atoms with Gasteiger partial charge in [-0.25, -0.2) is 0 Å². The summed E-state index contributed by atoms with van der Waals surface area (Å²) in [5, 5.41) is 11.6. The van der Waals surface area contributed by atoms with Crippen LogP contribution in [-0.2, 0) is 11.2 Å². The second-order valence-electron chi connectivity index (χ2n) is 4.98. The van der Waals surface area contributed by atoms with Crippen LogP contribution in [0.1, 0.15) is 48.9 Å². The molecule has 0 bridgehead atoms. The van der Waals surface area contributed by atoms with E-state index in [1.165, 1.54) is 6.26 Å². The van der Waals surface area contributed by atoms with Gasteiger partial charge in [0, 0.05) is 11.1 Å². The number of hydrogen-bond donors (Lipinski definition) is 2. The van der Waals surface area contributed by atoms with E-state index in [9.17, 15) is 9.59 Å². The van der Waals surface area contributed by atoms with Gasteiger partial charge < -0.3 is 14.8 Å². The van der Waals surface area contributed by atoms with Gasteiger partial charge in [0.05, 0.1) is 11.8 Å². The maximum Gasteiger partial charge on any atom is 0.311 e. The van der Waals surface area contributed by atoms with Crippen molar-refractivity contribution < 1.29 is 19.1 Å². The van der Waals surface area contributed by atoms with Crippen molar-refractivity contribution in [2.24, 2.45) is 0 Å². The highest BCUT2D eigenvalue weighted by Crippen LogP contribution is 2.19. The summed E-state index contributed by atoms with van der Waals surface area (Å²) in [4.78, 5) is 22.8. The van der Waals surface area contributed by atoms with E-state index in [0.29, 0.717) is 11.1 Å². The molecule has 1 heterocycles. The summed E-state index contributed by atoms with van der Waals surface area (Å²) < 4.78 is 5.13. The zero-order valence-corrected chi connectivity index (χ0v) is 11.2. The van der Waals surface area contributed by atoms with Gasteiger partial charge in [-0.2, -0.15) is 0 Å². The van der Waals surface area contributed by atoms with Crippen molar-refractivity contribution in [2.45, 2.75) is 46.1 Å². The van der Waals surface area contributed by atoms with Crippen LogP contribution in [0, 0.1) is 6.92 Å². The number of carbonyl (C=O) groups excluding carboxylic acids is 1. The molecule has 0 saturated carbocycles. The molecule has 1 rings (SSSR count). The first kappa shape index (κ1) is 14.3. The normalized spacial score (nSPS) is 11.3. The Hall–Kier alpha value is -1.78. The first-order valence-electron chi connectivity index (χ1n) is 5.88. The van der Waals surface area contributed by atoms with E-state index in [-0.39, 0.29) is 23.6 Å². The fraction of sp³-hybridized carbons (Fsp3) is 0.538. The molecular weight excluding hydrogens is 234 g/mol. The SMILES string of the molecule is CCC(C)(C)NC(=O)c1c(C)coc1CC(=O)O. The average molecular weight is 253 g/mol. The largest absolute Gasteiger partial charge is 0.481 e. The summed E-state index contributed by atoms with van der Waals surface area (Å²) >= 11 is 0. The number of carbonyl (C=O) groups is 2. The zero-order valence-electron chi connectivity index (χ0n) is 11.2. The Labute approximate surface area is 106 Å². The average Bonchev–Trinajstić information content (AvgIpc) is 2.58. The van der Waals surface area contributed by atoms with Gasteiger partial charge in [0.25, 0.3) is 5.91 Å². The monoisotopic (exact) mass is 253 g/mol. The van der Waals surface area contributed by atoms with Gasteiger partial charge in [0.1, 0.15) is 12.2 Å². The number of nitrogens with one attached hydrogen (secondary N) is 1. The van der Waals surface area contributed by atoms with Gasteiger partial charge in [0.15, 0.2) is 0 Å². The van der Waals surface area contributed by atoms with Crippen LogP contribution >= 0.6 is 0 Å². The highest BCUT2D eigenvalue weighted by molar-refractivity contribution is 5.97. The van der Waals surface area contributed by atoms with Gasteiger partial charge >= 0.3 is 5.97 Å². The van der Waals surface area contributed by atoms with Crippen molar-refractivity contribution in [3.63, 3.8) is 0 Å². The van der Waals surface area contributed by atoms with Crippen LogP contribution in [0.4, 0.5) is 0 Å². The third kappa shape index (κ3) is 3.35. The third-order valence-electron chi connectivity index (χ3n) is 2.93. The van der Waals surface area contributed by atoms with Crippen molar-refractivity contribution >= 4 is 11.9 Å². The molecule has 100 valence electrons. The summed E-state index contributed by atoms with van der Waals surface area (Å²) in [6.45, 7) is 7.53. The Morgan fingerprint density at radius 3 is 2.56 bits per heavy atom. The van der Waals surface area contributed by atoms with Gasteiger partial charge in [-0.05, 0) is 27.2 Å². The number of aliphatic carboxylic acids is 1. The molecule has 0 aliphatic rings. The van der Waals surface area contributed by atoms with E-state index in [4.69, 9.17) is 9.52 Å². The number of amides is 1. The number of carboxylic acid groups (broad SMARTS) is 1. The molecule has 5 heteroatoms. The number of carboxylic acids is 1. The predicted octanol–water partition coefficient (Wildman–Crippen LogP) is 2.13. The Morgan fingerprint density at radius 1 is 1.44 bits per heavy atom. The third-order valence-corrected chi connectivity index (χ3v) is 2.93. The van der Waals surface area contributed by atoms with E-state index in [0.717, 1.165) is 6.42 Å². The van der Waals surface area contributed by atoms with Gasteiger partial charge in [-0.15, -0.1) is 0 Å². The first-order chi connectivity index (χ1) is 8.26. The van der Waals surface area contributed by atoms with E-state index in [1.54, 1.807) is 6.92 Å². The van der Waals surface area contributed by atoms with Crippen molar-refractivity contribution in [2.75, 3.05) is 0 Å². The lowest BCUT2D eigenvalue weighted by molar-refractivity contribution is -0.136. The quantitative estimate of drug-likeness (QED) is 0.842. The Bertz CT molecular complexity index is 460. The Balaban J connectivity index is 2.98. The molecule has 0 fully saturated rings. The van der Waals surface area contributed by atoms with Crippen LogP contribution in [0.2, 0.25) is 0 Å². The first-order valence-corrected chi connectivity index (χ1v) is 5.88. The Morgan fingerprint density at radius 2 is 2.06 bits per heavy atom. The minimum absolute atomic E-state index is 0.199. The zero-order chi connectivity index (χ0) is 13.9. The molecule has 0 spiro atoms. The number of hydrogen-bond acceptors (Lipinski definition) is 3. The topological polar surface area (TPSA) is 79.5 Å². The van der Waals surface area contributed by atoms with Gasteiger partial charge in [-0.1, -0.05) is 6.92 Å². The molecule has 18 heavy (non-hydrogen) atoms. The lowest BCUT2D eigenvalue weighted by atomic mass is 10.0. The fourth-order valence-electron chi connectivity index (χ4n) is 1.53. The summed E-state index contributed by atoms with van der Waals surface area (Å²) in [6.07, 6.45) is 1.90. The summed E-state index contributed by atoms with van der Waals surface area (Å²) in [5.74, 6) is -1.11. The van der Waals surface area contributed by atoms with Gasteiger partial charge in [-0.3, -0.25) is 9.59 Å². The molecule has 0 atom stereocenters. The van der Waals surface area contributed by atoms with Crippen LogP contribution in [-0.4, -0.2) is 22.5 Å². The molecule has 1 aromatic heterocycles. The molecular formula is C13H19NO4. The van der Waals surface area contributed by atoms with E-state index < -0.39 is 5.97 Å². The molecule has 0 aliphatic carbocycles. The molecule has 1 amide bonds. The Kier molecular flexibility index (Phi) is 4.16. The smallest absolute Gasteiger partial charge is 0.311 e. The number of furan rings is 1. The molecule has 0 unspecified atom stereocenters. The van der Waals surface area contributed by atoms with Crippen LogP contribution < -0.4 is 5.32 Å². The maximum atomic E-state index is 12.1. The van der Waals surface area contributed by atoms with Crippen LogP contribution in [0.15, 0.2) is 10.7 Å². The van der Waals surface area contributed by atoms with Crippen LogP contribution in [0.5, 0.6) is 0 Å². The molecule has 0 saturated heterocycles. The van der Waals surface area contributed by atoms with Crippen LogP contribution in [0.3, 0.4) is 0 Å². The molecule has 5 nitrogen and oxygen atoms in total. The summed E-state index contributed by atoms with van der Waals surface area (Å²) in [5.41, 5.74) is 0.649. The van der Waals surface area contributed by atoms with Crippen molar-refractivity contribution in [1.29, 1.82) is 0 Å². The van der Waals surface area contributed by atoms with E-state index in [2.05, 4.69) is 5.32 Å². The summed E-state index contributed by atoms with van der Waals surface area (Å²) in [7, 11) is 0. The summed E-state index contributed by atoms with van der Waals surface area (Å²) in [6, 6.07) is 0. The van der Waals surface area contributed by atoms with E-state index in [1.807, 2.05) is 20.8 Å². The number of aryl methyl sites for hydroxylation is 1.